The van der Waals surface area contributed by atoms with Gasteiger partial charge in [0.1, 0.15) is 0 Å². The van der Waals surface area contributed by atoms with Crippen LogP contribution in [-0.2, 0) is 6.18 Å². The number of aromatic nitrogens is 2. The van der Waals surface area contributed by atoms with Crippen LogP contribution in [0.1, 0.15) is 96.5 Å². The van der Waals surface area contributed by atoms with E-state index in [0.29, 0.717) is 38.0 Å². The van der Waals surface area contributed by atoms with Crippen LogP contribution in [0.4, 0.5) is 18.0 Å². The number of benzene rings is 1. The maximum atomic E-state index is 13.9. The first-order valence-electron chi connectivity index (χ1n) is 14.6. The van der Waals surface area contributed by atoms with Crippen molar-refractivity contribution in [1.29, 1.82) is 0 Å². The van der Waals surface area contributed by atoms with E-state index in [-0.39, 0.29) is 47.9 Å². The SMILES string of the molecule is Cl.O=C(NC1CCNCC1)N1CCC(n2ncc(C(=O)N3CCCC3c3ccccc3C(F)(F)F)c2C2CC2)CC1. The summed E-state index contributed by atoms with van der Waals surface area (Å²) >= 11 is 0. The molecule has 2 aromatic rings. The molecule has 2 N–H and O–H groups in total. The topological polar surface area (TPSA) is 82.5 Å². The van der Waals surface area contributed by atoms with Crippen LogP contribution in [0.3, 0.4) is 0 Å². The number of piperidine rings is 2. The van der Waals surface area contributed by atoms with Crippen LogP contribution in [0.25, 0.3) is 0 Å². The van der Waals surface area contributed by atoms with E-state index >= 15 is 0 Å². The molecule has 41 heavy (non-hydrogen) atoms. The van der Waals surface area contributed by atoms with Crippen LogP contribution in [-0.4, -0.2) is 70.3 Å². The normalized spacial score (nSPS) is 22.5. The zero-order valence-corrected chi connectivity index (χ0v) is 23.9. The number of alkyl halides is 3. The zero-order chi connectivity index (χ0) is 27.9. The summed E-state index contributed by atoms with van der Waals surface area (Å²) in [5.41, 5.74) is 0.924. The van der Waals surface area contributed by atoms with Gasteiger partial charge in [-0.3, -0.25) is 9.48 Å². The van der Waals surface area contributed by atoms with E-state index in [4.69, 9.17) is 0 Å². The van der Waals surface area contributed by atoms with Crippen molar-refractivity contribution in [2.45, 2.75) is 81.6 Å². The molecule has 6 rings (SSSR count). The van der Waals surface area contributed by atoms with Gasteiger partial charge in [0.05, 0.1) is 35.1 Å². The Morgan fingerprint density at radius 1 is 0.951 bits per heavy atom. The molecule has 224 valence electrons. The summed E-state index contributed by atoms with van der Waals surface area (Å²) in [6, 6.07) is 5.28. The average Bonchev–Trinajstić information content (AvgIpc) is 3.50. The molecule has 3 saturated heterocycles. The van der Waals surface area contributed by atoms with Crippen molar-refractivity contribution < 1.29 is 22.8 Å². The van der Waals surface area contributed by atoms with Crippen LogP contribution in [0, 0.1) is 0 Å². The van der Waals surface area contributed by atoms with Gasteiger partial charge in [-0.1, -0.05) is 18.2 Å². The minimum Gasteiger partial charge on any atom is -0.335 e. The molecule has 1 atom stereocenters. The molecule has 1 aliphatic carbocycles. The second-order valence-electron chi connectivity index (χ2n) is 11.6. The summed E-state index contributed by atoms with van der Waals surface area (Å²) < 4.78 is 43.4. The van der Waals surface area contributed by atoms with Crippen LogP contribution < -0.4 is 10.6 Å². The van der Waals surface area contributed by atoms with Gasteiger partial charge in [-0.25, -0.2) is 4.79 Å². The lowest BCUT2D eigenvalue weighted by atomic mass is 9.97. The molecule has 1 aromatic heterocycles. The molecule has 8 nitrogen and oxygen atoms in total. The van der Waals surface area contributed by atoms with Crippen molar-refractivity contribution in [3.05, 3.63) is 52.8 Å². The lowest BCUT2D eigenvalue weighted by molar-refractivity contribution is -0.138. The fourth-order valence-electron chi connectivity index (χ4n) is 6.67. The maximum Gasteiger partial charge on any atom is 0.416 e. The molecule has 1 aromatic carbocycles. The van der Waals surface area contributed by atoms with Crippen LogP contribution >= 0.6 is 12.4 Å². The molecular weight excluding hydrogens is 557 g/mol. The van der Waals surface area contributed by atoms with E-state index in [9.17, 15) is 22.8 Å². The maximum absolute atomic E-state index is 13.9. The minimum absolute atomic E-state index is 0. The number of carbonyl (C=O) groups excluding carboxylic acids is 2. The highest BCUT2D eigenvalue weighted by molar-refractivity contribution is 5.96. The van der Waals surface area contributed by atoms with Crippen molar-refractivity contribution in [1.82, 2.24) is 30.2 Å². The van der Waals surface area contributed by atoms with Gasteiger partial charge in [0, 0.05) is 31.6 Å². The number of likely N-dealkylation sites (tertiary alicyclic amines) is 2. The Hall–Kier alpha value is -2.79. The molecule has 12 heteroatoms. The summed E-state index contributed by atoms with van der Waals surface area (Å²) in [6.07, 6.45) is 3.65. The van der Waals surface area contributed by atoms with Gasteiger partial charge < -0.3 is 20.4 Å². The average molecular weight is 595 g/mol. The lowest BCUT2D eigenvalue weighted by Crippen LogP contribution is -2.50. The molecule has 3 amide bonds. The highest BCUT2D eigenvalue weighted by Gasteiger charge is 2.42. The Morgan fingerprint density at radius 2 is 1.66 bits per heavy atom. The van der Waals surface area contributed by atoms with E-state index in [1.807, 2.05) is 9.58 Å². The number of rotatable bonds is 5. The molecular formula is C29H38ClF3N6O2. The molecule has 0 bridgehead atoms. The summed E-state index contributed by atoms with van der Waals surface area (Å²) in [7, 11) is 0. The van der Waals surface area contributed by atoms with E-state index in [0.717, 1.165) is 63.4 Å². The van der Waals surface area contributed by atoms with E-state index in [1.54, 1.807) is 17.2 Å². The molecule has 1 saturated carbocycles. The predicted molar refractivity (Wildman–Crippen MR) is 150 cm³/mol. The standard InChI is InChI=1S/C29H37F3N6O2.ClH/c30-29(31,32)24-5-2-1-4-22(24)25-6-3-15-37(25)27(39)23-18-34-38(26(23)19-7-8-19)21-11-16-36(17-12-21)28(40)35-20-9-13-33-14-10-20;/h1-2,4-5,18-21,25,33H,3,6-17H2,(H,35,40);1H. The third-order valence-corrected chi connectivity index (χ3v) is 8.93. The van der Waals surface area contributed by atoms with Gasteiger partial charge >= 0.3 is 12.2 Å². The summed E-state index contributed by atoms with van der Waals surface area (Å²) in [5, 5.41) is 11.2. The van der Waals surface area contributed by atoms with Crippen molar-refractivity contribution >= 4 is 24.3 Å². The number of hydrogen-bond acceptors (Lipinski definition) is 4. The summed E-state index contributed by atoms with van der Waals surface area (Å²) in [4.78, 5) is 30.2. The summed E-state index contributed by atoms with van der Waals surface area (Å²) in [6.45, 7) is 3.51. The van der Waals surface area contributed by atoms with Crippen molar-refractivity contribution in [3.8, 4) is 0 Å². The van der Waals surface area contributed by atoms with Crippen molar-refractivity contribution in [2.24, 2.45) is 0 Å². The predicted octanol–water partition coefficient (Wildman–Crippen LogP) is 5.28. The molecule has 1 unspecified atom stereocenters. The highest BCUT2D eigenvalue weighted by atomic mass is 35.5. The minimum atomic E-state index is -4.47. The first kappa shape index (κ1) is 29.7. The first-order chi connectivity index (χ1) is 19.3. The molecule has 4 heterocycles. The number of carbonyl (C=O) groups is 2. The van der Waals surface area contributed by atoms with Gasteiger partial charge in [-0.2, -0.15) is 18.3 Å². The largest absolute Gasteiger partial charge is 0.416 e. The second kappa shape index (κ2) is 12.2. The van der Waals surface area contributed by atoms with Crippen molar-refractivity contribution in [2.75, 3.05) is 32.7 Å². The van der Waals surface area contributed by atoms with E-state index in [2.05, 4.69) is 15.7 Å². The zero-order valence-electron chi connectivity index (χ0n) is 23.0. The number of nitrogens with one attached hydrogen (secondary N) is 2. The Balaban J connectivity index is 0.00000337. The lowest BCUT2D eigenvalue weighted by Gasteiger charge is -2.34. The number of urea groups is 1. The Kier molecular flexibility index (Phi) is 8.84. The second-order valence-corrected chi connectivity index (χ2v) is 11.6. The van der Waals surface area contributed by atoms with Gasteiger partial charge in [0.15, 0.2) is 0 Å². The first-order valence-corrected chi connectivity index (χ1v) is 14.6. The molecule has 0 spiro atoms. The van der Waals surface area contributed by atoms with Crippen molar-refractivity contribution in [3.63, 3.8) is 0 Å². The Bertz CT molecular complexity index is 1240. The number of amides is 3. The highest BCUT2D eigenvalue weighted by Crippen LogP contribution is 2.45. The Labute approximate surface area is 244 Å². The van der Waals surface area contributed by atoms with Gasteiger partial charge in [-0.15, -0.1) is 12.4 Å². The van der Waals surface area contributed by atoms with E-state index < -0.39 is 17.8 Å². The van der Waals surface area contributed by atoms with Crippen LogP contribution in [0.15, 0.2) is 30.5 Å². The third kappa shape index (κ3) is 6.21. The van der Waals surface area contributed by atoms with Gasteiger partial charge in [-0.05, 0) is 76.1 Å². The molecule has 0 radical (unpaired) electrons. The van der Waals surface area contributed by atoms with Crippen LogP contribution in [0.5, 0.6) is 0 Å². The van der Waals surface area contributed by atoms with Gasteiger partial charge in [0.2, 0.25) is 0 Å². The van der Waals surface area contributed by atoms with E-state index in [1.165, 1.54) is 12.1 Å². The quantitative estimate of drug-likeness (QED) is 0.494. The fraction of sp³-hybridized carbons (Fsp3) is 0.621. The monoisotopic (exact) mass is 594 g/mol. The molecule has 4 aliphatic rings. The fourth-order valence-corrected chi connectivity index (χ4v) is 6.67. The molecule has 4 fully saturated rings. The number of halogens is 4. The number of hydrogen-bond donors (Lipinski definition) is 2. The molecule has 3 aliphatic heterocycles. The van der Waals surface area contributed by atoms with Gasteiger partial charge in [0.25, 0.3) is 5.91 Å². The smallest absolute Gasteiger partial charge is 0.335 e. The number of nitrogens with zero attached hydrogens (tertiary/aromatic N) is 4. The Morgan fingerprint density at radius 3 is 2.34 bits per heavy atom. The summed E-state index contributed by atoms with van der Waals surface area (Å²) in [5.74, 6) is 0.0117. The van der Waals surface area contributed by atoms with Crippen LogP contribution in [0.2, 0.25) is 0 Å². The third-order valence-electron chi connectivity index (χ3n) is 8.93.